The van der Waals surface area contributed by atoms with Crippen LogP contribution in [0.1, 0.15) is 11.1 Å². The molecular weight excluding hydrogens is 386 g/mol. The topological polar surface area (TPSA) is 37.0 Å². The van der Waals surface area contributed by atoms with Crippen molar-refractivity contribution in [3.63, 3.8) is 0 Å². The van der Waals surface area contributed by atoms with E-state index in [2.05, 4.69) is 45.8 Å². The van der Waals surface area contributed by atoms with Gasteiger partial charge in [0.15, 0.2) is 0 Å². The molecule has 4 rings (SSSR count). The summed E-state index contributed by atoms with van der Waals surface area (Å²) in [6.45, 7) is 5.64. The Kier molecular flexibility index (Phi) is 6.72. The molecule has 29 heavy (non-hydrogen) atoms. The molecule has 0 spiro atoms. The zero-order chi connectivity index (χ0) is 20.1. The summed E-state index contributed by atoms with van der Waals surface area (Å²) in [6, 6.07) is 16.6. The number of rotatable bonds is 7. The van der Waals surface area contributed by atoms with Crippen LogP contribution in [0, 0.1) is 0 Å². The number of nitrogens with one attached hydrogen (secondary N) is 1. The van der Waals surface area contributed by atoms with Gasteiger partial charge >= 0.3 is 0 Å². The van der Waals surface area contributed by atoms with Gasteiger partial charge in [0.05, 0.1) is 26.4 Å². The number of nitrogens with zero attached hydrogens (tertiary/aromatic N) is 2. The Morgan fingerprint density at radius 3 is 2.66 bits per heavy atom. The van der Waals surface area contributed by atoms with Gasteiger partial charge in [-0.05, 0) is 47.4 Å². The summed E-state index contributed by atoms with van der Waals surface area (Å²) < 4.78 is 10.8. The average Bonchev–Trinajstić information content (AvgIpc) is 3.16. The fourth-order valence-electron chi connectivity index (χ4n) is 3.88. The van der Waals surface area contributed by atoms with Crippen LogP contribution in [0.5, 0.6) is 5.75 Å². The van der Waals surface area contributed by atoms with Crippen molar-refractivity contribution in [2.45, 2.75) is 12.5 Å². The van der Waals surface area contributed by atoms with E-state index in [9.17, 15) is 0 Å². The number of halogens is 1. The van der Waals surface area contributed by atoms with E-state index >= 15 is 0 Å². The predicted molar refractivity (Wildman–Crippen MR) is 117 cm³/mol. The SMILES string of the molecule is COc1cccc(CC2NN(CCN3CCOCC3)C=C2c2ccc(Cl)cc2)c1. The summed E-state index contributed by atoms with van der Waals surface area (Å²) in [7, 11) is 1.71. The molecule has 0 aromatic heterocycles. The third kappa shape index (κ3) is 5.31. The number of hydrogen-bond donors (Lipinski definition) is 1. The molecule has 2 aromatic rings. The first-order valence-electron chi connectivity index (χ1n) is 10.1. The highest BCUT2D eigenvalue weighted by molar-refractivity contribution is 6.30. The molecule has 1 saturated heterocycles. The molecule has 6 heteroatoms. The van der Waals surface area contributed by atoms with Crippen LogP contribution in [-0.2, 0) is 11.2 Å². The molecule has 2 aromatic carbocycles. The first-order chi connectivity index (χ1) is 14.2. The highest BCUT2D eigenvalue weighted by Crippen LogP contribution is 2.28. The molecule has 2 heterocycles. The lowest BCUT2D eigenvalue weighted by Crippen LogP contribution is -2.44. The van der Waals surface area contributed by atoms with Crippen LogP contribution in [0.3, 0.4) is 0 Å². The van der Waals surface area contributed by atoms with Crippen LogP contribution in [0.4, 0.5) is 0 Å². The minimum Gasteiger partial charge on any atom is -0.497 e. The Morgan fingerprint density at radius 2 is 1.90 bits per heavy atom. The molecule has 2 aliphatic rings. The third-order valence-corrected chi connectivity index (χ3v) is 5.76. The largest absolute Gasteiger partial charge is 0.497 e. The van der Waals surface area contributed by atoms with Crippen molar-refractivity contribution >= 4 is 17.2 Å². The van der Waals surface area contributed by atoms with Gasteiger partial charge in [-0.25, -0.2) is 5.43 Å². The van der Waals surface area contributed by atoms with Gasteiger partial charge in [-0.3, -0.25) is 4.90 Å². The van der Waals surface area contributed by atoms with Crippen LogP contribution in [0.25, 0.3) is 5.57 Å². The Morgan fingerprint density at radius 1 is 1.10 bits per heavy atom. The minimum atomic E-state index is 0.202. The fourth-order valence-corrected chi connectivity index (χ4v) is 4.00. The summed E-state index contributed by atoms with van der Waals surface area (Å²) in [5.74, 6) is 0.890. The lowest BCUT2D eigenvalue weighted by Gasteiger charge is -2.29. The van der Waals surface area contributed by atoms with E-state index in [0.29, 0.717) is 0 Å². The number of morpholine rings is 1. The average molecular weight is 414 g/mol. The maximum absolute atomic E-state index is 6.11. The van der Waals surface area contributed by atoms with Gasteiger partial charge in [-0.15, -0.1) is 0 Å². The van der Waals surface area contributed by atoms with Crippen LogP contribution in [0.15, 0.2) is 54.7 Å². The predicted octanol–water partition coefficient (Wildman–Crippen LogP) is 3.45. The summed E-state index contributed by atoms with van der Waals surface area (Å²) in [5, 5.41) is 2.98. The first kappa shape index (κ1) is 20.2. The van der Waals surface area contributed by atoms with Crippen molar-refractivity contribution in [2.24, 2.45) is 0 Å². The summed E-state index contributed by atoms with van der Waals surface area (Å²) in [6.07, 6.45) is 3.13. The Labute approximate surface area is 177 Å². The quantitative estimate of drug-likeness (QED) is 0.752. The van der Waals surface area contributed by atoms with Gasteiger partial charge in [0.25, 0.3) is 0 Å². The van der Waals surface area contributed by atoms with Gasteiger partial charge < -0.3 is 14.5 Å². The van der Waals surface area contributed by atoms with Crippen LogP contribution < -0.4 is 10.2 Å². The fraction of sp³-hybridized carbons (Fsp3) is 0.391. The number of methoxy groups -OCH3 is 1. The van der Waals surface area contributed by atoms with E-state index in [1.165, 1.54) is 16.7 Å². The van der Waals surface area contributed by atoms with E-state index in [4.69, 9.17) is 21.1 Å². The monoisotopic (exact) mass is 413 g/mol. The van der Waals surface area contributed by atoms with Gasteiger partial charge in [0.1, 0.15) is 5.75 Å². The molecule has 0 saturated carbocycles. The minimum absolute atomic E-state index is 0.202. The molecular formula is C23H28ClN3O2. The molecule has 1 fully saturated rings. The van der Waals surface area contributed by atoms with Gasteiger partial charge in [-0.1, -0.05) is 35.9 Å². The summed E-state index contributed by atoms with van der Waals surface area (Å²) >= 11 is 6.11. The normalized spacial score (nSPS) is 20.0. The lowest BCUT2D eigenvalue weighted by atomic mass is 9.95. The Hall–Kier alpha value is -2.05. The van der Waals surface area contributed by atoms with Crippen molar-refractivity contribution in [3.8, 4) is 5.75 Å². The molecule has 0 aliphatic carbocycles. The second-order valence-corrected chi connectivity index (χ2v) is 7.91. The molecule has 1 unspecified atom stereocenters. The van der Waals surface area contributed by atoms with Crippen molar-refractivity contribution < 1.29 is 9.47 Å². The maximum Gasteiger partial charge on any atom is 0.119 e. The highest BCUT2D eigenvalue weighted by Gasteiger charge is 2.26. The number of hydrogen-bond acceptors (Lipinski definition) is 5. The van der Waals surface area contributed by atoms with Crippen molar-refractivity contribution in [2.75, 3.05) is 46.5 Å². The maximum atomic E-state index is 6.11. The second kappa shape index (κ2) is 9.63. The van der Waals surface area contributed by atoms with Gasteiger partial charge in [0.2, 0.25) is 0 Å². The molecule has 5 nitrogen and oxygen atoms in total. The van der Waals surface area contributed by atoms with Crippen LogP contribution in [0.2, 0.25) is 5.02 Å². The second-order valence-electron chi connectivity index (χ2n) is 7.48. The zero-order valence-corrected chi connectivity index (χ0v) is 17.6. The van der Waals surface area contributed by atoms with Crippen molar-refractivity contribution in [3.05, 3.63) is 70.9 Å². The first-order valence-corrected chi connectivity index (χ1v) is 10.5. The third-order valence-electron chi connectivity index (χ3n) is 5.50. The standard InChI is InChI=1S/C23H28ClN3O2/c1-28-21-4-2-3-18(15-21)16-23-22(19-5-7-20(24)8-6-19)17-27(25-23)10-9-26-11-13-29-14-12-26/h2-8,15,17,23,25H,9-14,16H2,1H3. The number of benzene rings is 2. The molecule has 0 amide bonds. The summed E-state index contributed by atoms with van der Waals surface area (Å²) in [4.78, 5) is 2.45. The molecule has 0 radical (unpaired) electrons. The summed E-state index contributed by atoms with van der Waals surface area (Å²) in [5.41, 5.74) is 7.42. The molecule has 1 N–H and O–H groups in total. The van der Waals surface area contributed by atoms with E-state index in [-0.39, 0.29) is 6.04 Å². The number of ether oxygens (including phenoxy) is 2. The smallest absolute Gasteiger partial charge is 0.119 e. The van der Waals surface area contributed by atoms with E-state index < -0.39 is 0 Å². The molecule has 2 aliphatic heterocycles. The number of hydrazine groups is 1. The lowest BCUT2D eigenvalue weighted by molar-refractivity contribution is 0.0336. The molecule has 0 bridgehead atoms. The van der Waals surface area contributed by atoms with Gasteiger partial charge in [-0.2, -0.15) is 0 Å². The van der Waals surface area contributed by atoms with Gasteiger partial charge in [0, 0.05) is 37.4 Å². The van der Waals surface area contributed by atoms with E-state index in [0.717, 1.165) is 56.6 Å². The van der Waals surface area contributed by atoms with E-state index in [1.54, 1.807) is 7.11 Å². The Bertz CT molecular complexity index is 834. The van der Waals surface area contributed by atoms with Crippen molar-refractivity contribution in [1.29, 1.82) is 0 Å². The van der Waals surface area contributed by atoms with Crippen molar-refractivity contribution in [1.82, 2.24) is 15.3 Å². The molecule has 1 atom stereocenters. The Balaban J connectivity index is 1.49. The molecule has 154 valence electrons. The highest BCUT2D eigenvalue weighted by atomic mass is 35.5. The zero-order valence-electron chi connectivity index (χ0n) is 16.8. The van der Waals surface area contributed by atoms with Crippen LogP contribution in [-0.4, -0.2) is 62.5 Å². The van der Waals surface area contributed by atoms with Crippen LogP contribution >= 0.6 is 11.6 Å². The van der Waals surface area contributed by atoms with E-state index in [1.807, 2.05) is 24.3 Å².